The normalized spacial score (nSPS) is 17.3. The minimum absolute atomic E-state index is 0.0175. The Morgan fingerprint density at radius 1 is 1.38 bits per heavy atom. The van der Waals surface area contributed by atoms with Gasteiger partial charge in [-0.3, -0.25) is 4.79 Å². The molecule has 140 valence electrons. The fraction of sp³-hybridized carbons (Fsp3) is 0.526. The van der Waals surface area contributed by atoms with Crippen LogP contribution < -0.4 is 10.9 Å². The van der Waals surface area contributed by atoms with E-state index in [1.54, 1.807) is 6.20 Å². The monoisotopic (exact) mass is 357 g/mol. The minimum atomic E-state index is -0.139. The third kappa shape index (κ3) is 3.66. The number of hydrogen-bond donors (Lipinski definition) is 2. The highest BCUT2D eigenvalue weighted by Crippen LogP contribution is 2.30. The van der Waals surface area contributed by atoms with Gasteiger partial charge in [0.25, 0.3) is 5.56 Å². The average Bonchev–Trinajstić information content (AvgIpc) is 3.09. The zero-order valence-electron chi connectivity index (χ0n) is 15.7. The smallest absolute Gasteiger partial charge is 0.318 e. The Balaban J connectivity index is 1.75. The molecule has 0 aliphatic carbocycles. The van der Waals surface area contributed by atoms with Crippen molar-refractivity contribution in [2.45, 2.75) is 59.2 Å². The van der Waals surface area contributed by atoms with E-state index in [1.807, 2.05) is 31.0 Å². The van der Waals surface area contributed by atoms with E-state index >= 15 is 0 Å². The van der Waals surface area contributed by atoms with Crippen LogP contribution in [0.5, 0.6) is 0 Å². The molecule has 0 aromatic carbocycles. The molecule has 7 heteroatoms. The summed E-state index contributed by atoms with van der Waals surface area (Å²) < 4.78 is 2.09. The number of likely N-dealkylation sites (tertiary alicyclic amines) is 1. The first kappa shape index (κ1) is 18.2. The molecule has 0 saturated carbocycles. The van der Waals surface area contributed by atoms with Crippen molar-refractivity contribution in [3.63, 3.8) is 0 Å². The molecule has 2 aromatic rings. The van der Waals surface area contributed by atoms with Crippen molar-refractivity contribution in [1.82, 2.24) is 24.8 Å². The summed E-state index contributed by atoms with van der Waals surface area (Å²) >= 11 is 0. The lowest BCUT2D eigenvalue weighted by Crippen LogP contribution is -2.45. The first-order valence-electron chi connectivity index (χ1n) is 9.26. The van der Waals surface area contributed by atoms with Gasteiger partial charge in [-0.25, -0.2) is 9.78 Å². The van der Waals surface area contributed by atoms with Gasteiger partial charge in [0.2, 0.25) is 0 Å². The third-order valence-electron chi connectivity index (χ3n) is 5.06. The van der Waals surface area contributed by atoms with Crippen molar-refractivity contribution in [3.8, 4) is 0 Å². The minimum Gasteiger partial charge on any atom is -0.334 e. The van der Waals surface area contributed by atoms with Crippen LogP contribution in [0.3, 0.4) is 0 Å². The van der Waals surface area contributed by atoms with Gasteiger partial charge in [-0.2, -0.15) is 0 Å². The fourth-order valence-electron chi connectivity index (χ4n) is 3.70. The first-order chi connectivity index (χ1) is 12.5. The molecule has 1 saturated heterocycles. The van der Waals surface area contributed by atoms with Crippen LogP contribution in [-0.4, -0.2) is 32.0 Å². The lowest BCUT2D eigenvalue weighted by Gasteiger charge is -2.35. The number of nitrogens with one attached hydrogen (secondary N) is 2. The number of H-pyrrole nitrogens is 1. The molecule has 2 amide bonds. The molecule has 0 radical (unpaired) electrons. The molecule has 3 heterocycles. The van der Waals surface area contributed by atoms with E-state index in [0.717, 1.165) is 42.9 Å². The number of imidazole rings is 1. The number of carbonyl (C=O) groups is 1. The number of rotatable bonds is 4. The van der Waals surface area contributed by atoms with E-state index < -0.39 is 0 Å². The Kier molecular flexibility index (Phi) is 5.44. The highest BCUT2D eigenvalue weighted by molar-refractivity contribution is 5.74. The van der Waals surface area contributed by atoms with Crippen LogP contribution in [-0.2, 0) is 13.1 Å². The van der Waals surface area contributed by atoms with E-state index in [0.29, 0.717) is 12.1 Å². The molecule has 1 atom stereocenters. The van der Waals surface area contributed by atoms with Gasteiger partial charge in [0.15, 0.2) is 0 Å². The highest BCUT2D eigenvalue weighted by atomic mass is 16.2. The molecule has 1 fully saturated rings. The zero-order valence-corrected chi connectivity index (χ0v) is 15.7. The molecule has 3 rings (SSSR count). The number of urea groups is 1. The summed E-state index contributed by atoms with van der Waals surface area (Å²) in [6, 6.07) is 1.76. The van der Waals surface area contributed by atoms with Crippen molar-refractivity contribution in [2.24, 2.45) is 0 Å². The molecule has 1 aliphatic rings. The van der Waals surface area contributed by atoms with E-state index in [4.69, 9.17) is 0 Å². The van der Waals surface area contributed by atoms with Gasteiger partial charge in [-0.05, 0) is 51.7 Å². The SMILES string of the molecule is CCn1ccnc1[C@@H]1CCCCN1C(=O)NCc1c(C)cc(C)[nH]c1=O. The number of carbonyl (C=O) groups excluding carboxylic acids is 1. The van der Waals surface area contributed by atoms with Crippen LogP contribution in [0.25, 0.3) is 0 Å². The quantitative estimate of drug-likeness (QED) is 0.882. The molecule has 26 heavy (non-hydrogen) atoms. The van der Waals surface area contributed by atoms with Gasteiger partial charge in [-0.15, -0.1) is 0 Å². The Bertz CT molecular complexity index is 839. The Morgan fingerprint density at radius 2 is 2.19 bits per heavy atom. The summed E-state index contributed by atoms with van der Waals surface area (Å²) in [4.78, 5) is 34.1. The molecule has 0 spiro atoms. The van der Waals surface area contributed by atoms with E-state index in [1.165, 1.54) is 0 Å². The van der Waals surface area contributed by atoms with Crippen LogP contribution in [0.15, 0.2) is 23.3 Å². The Labute approximate surface area is 153 Å². The standard InChI is InChI=1S/C19H27N5O2/c1-4-23-10-8-20-17(23)16-7-5-6-9-24(16)19(26)21-12-15-13(2)11-14(3)22-18(15)25/h8,10-11,16H,4-7,9,12H2,1-3H3,(H,21,26)(H,22,25)/t16-/m0/s1. The molecular weight excluding hydrogens is 330 g/mol. The molecule has 0 unspecified atom stereocenters. The van der Waals surface area contributed by atoms with Crippen molar-refractivity contribution < 1.29 is 4.79 Å². The fourth-order valence-corrected chi connectivity index (χ4v) is 3.70. The number of nitrogens with zero attached hydrogens (tertiary/aromatic N) is 3. The summed E-state index contributed by atoms with van der Waals surface area (Å²) in [5.74, 6) is 0.937. The maximum atomic E-state index is 12.8. The Hall–Kier alpha value is -2.57. The molecular formula is C19H27N5O2. The number of aromatic amines is 1. The van der Waals surface area contributed by atoms with E-state index in [9.17, 15) is 9.59 Å². The average molecular weight is 357 g/mol. The Morgan fingerprint density at radius 3 is 2.92 bits per heavy atom. The van der Waals surface area contributed by atoms with Crippen LogP contribution in [0.2, 0.25) is 0 Å². The third-order valence-corrected chi connectivity index (χ3v) is 5.06. The maximum absolute atomic E-state index is 12.8. The van der Waals surface area contributed by atoms with Crippen LogP contribution >= 0.6 is 0 Å². The van der Waals surface area contributed by atoms with Crippen molar-refractivity contribution >= 4 is 6.03 Å². The predicted molar refractivity (Wildman–Crippen MR) is 100.0 cm³/mol. The van der Waals surface area contributed by atoms with Gasteiger partial charge < -0.3 is 19.8 Å². The predicted octanol–water partition coefficient (Wildman–Crippen LogP) is 2.64. The topological polar surface area (TPSA) is 83.0 Å². The summed E-state index contributed by atoms with van der Waals surface area (Å²) in [6.07, 6.45) is 6.73. The van der Waals surface area contributed by atoms with E-state index in [-0.39, 0.29) is 24.2 Å². The second-order valence-corrected chi connectivity index (χ2v) is 6.88. The molecule has 0 bridgehead atoms. The van der Waals surface area contributed by atoms with Gasteiger partial charge in [0.1, 0.15) is 5.82 Å². The number of amides is 2. The van der Waals surface area contributed by atoms with Crippen molar-refractivity contribution in [1.29, 1.82) is 0 Å². The number of aromatic nitrogens is 3. The van der Waals surface area contributed by atoms with Crippen LogP contribution in [0.1, 0.15) is 54.9 Å². The molecule has 2 aromatic heterocycles. The zero-order chi connectivity index (χ0) is 18.7. The summed E-state index contributed by atoms with van der Waals surface area (Å²) in [7, 11) is 0. The first-order valence-corrected chi connectivity index (χ1v) is 9.26. The number of aryl methyl sites for hydroxylation is 3. The molecule has 2 N–H and O–H groups in total. The highest BCUT2D eigenvalue weighted by Gasteiger charge is 2.30. The van der Waals surface area contributed by atoms with Gasteiger partial charge in [0.05, 0.1) is 12.6 Å². The van der Waals surface area contributed by atoms with Gasteiger partial charge >= 0.3 is 6.03 Å². The van der Waals surface area contributed by atoms with Gasteiger partial charge in [-0.1, -0.05) is 0 Å². The van der Waals surface area contributed by atoms with Crippen LogP contribution in [0.4, 0.5) is 4.79 Å². The van der Waals surface area contributed by atoms with E-state index in [2.05, 4.69) is 26.8 Å². The number of pyridine rings is 1. The second kappa shape index (κ2) is 7.76. The molecule has 7 nitrogen and oxygen atoms in total. The summed E-state index contributed by atoms with van der Waals surface area (Å²) in [6.45, 7) is 7.59. The number of hydrogen-bond acceptors (Lipinski definition) is 3. The summed E-state index contributed by atoms with van der Waals surface area (Å²) in [5, 5.41) is 2.93. The lowest BCUT2D eigenvalue weighted by molar-refractivity contribution is 0.145. The van der Waals surface area contributed by atoms with Crippen LogP contribution in [0, 0.1) is 13.8 Å². The maximum Gasteiger partial charge on any atom is 0.318 e. The molecule has 1 aliphatic heterocycles. The van der Waals surface area contributed by atoms with Crippen molar-refractivity contribution in [2.75, 3.05) is 6.54 Å². The number of piperidine rings is 1. The van der Waals surface area contributed by atoms with Gasteiger partial charge in [0, 0.05) is 36.7 Å². The lowest BCUT2D eigenvalue weighted by atomic mass is 10.0. The second-order valence-electron chi connectivity index (χ2n) is 6.88. The largest absolute Gasteiger partial charge is 0.334 e. The van der Waals surface area contributed by atoms with Crippen molar-refractivity contribution in [3.05, 3.63) is 51.5 Å². The summed E-state index contributed by atoms with van der Waals surface area (Å²) in [5.41, 5.74) is 2.18.